The molecule has 0 unspecified atom stereocenters. The molecule has 160 valence electrons. The molecule has 1 N–H and O–H groups in total. The van der Waals surface area contributed by atoms with Gasteiger partial charge < -0.3 is 24.4 Å². The molecule has 31 heavy (non-hydrogen) atoms. The minimum Gasteiger partial charge on any atom is -0.495 e. The number of nitrogens with one attached hydrogen (secondary N) is 1. The molecule has 2 aromatic carbocycles. The van der Waals surface area contributed by atoms with E-state index in [9.17, 15) is 4.79 Å². The van der Waals surface area contributed by atoms with Crippen LogP contribution in [-0.4, -0.2) is 43.7 Å². The van der Waals surface area contributed by atoms with E-state index in [0.717, 1.165) is 17.7 Å². The smallest absolute Gasteiger partial charge is 0.257 e. The molecule has 0 radical (unpaired) electrons. The van der Waals surface area contributed by atoms with E-state index in [1.165, 1.54) is 5.56 Å². The molecule has 0 bridgehead atoms. The van der Waals surface area contributed by atoms with Gasteiger partial charge in [0.2, 0.25) is 0 Å². The van der Waals surface area contributed by atoms with E-state index in [1.807, 2.05) is 41.3 Å². The number of hydrogen-bond acceptors (Lipinski definition) is 6. The third-order valence-corrected chi connectivity index (χ3v) is 5.40. The van der Waals surface area contributed by atoms with Gasteiger partial charge in [0.15, 0.2) is 11.5 Å². The van der Waals surface area contributed by atoms with Crippen molar-refractivity contribution in [3.63, 3.8) is 0 Å². The van der Waals surface area contributed by atoms with E-state index in [-0.39, 0.29) is 5.91 Å². The lowest BCUT2D eigenvalue weighted by Gasteiger charge is -2.30. The van der Waals surface area contributed by atoms with Gasteiger partial charge in [0, 0.05) is 19.3 Å². The minimum absolute atomic E-state index is 0.0778. The number of anilines is 2. The number of pyridine rings is 1. The number of aromatic nitrogens is 1. The molecule has 7 nitrogen and oxygen atoms in total. The number of nitrogens with zero attached hydrogens (tertiary/aromatic N) is 2. The molecule has 1 amide bonds. The Morgan fingerprint density at radius 1 is 0.935 bits per heavy atom. The lowest BCUT2D eigenvalue weighted by Crippen LogP contribution is -2.36. The maximum atomic E-state index is 13.4. The van der Waals surface area contributed by atoms with Crippen molar-refractivity contribution in [1.82, 2.24) is 9.88 Å². The van der Waals surface area contributed by atoms with Crippen molar-refractivity contribution in [2.24, 2.45) is 0 Å². The Morgan fingerprint density at radius 2 is 1.65 bits per heavy atom. The second kappa shape index (κ2) is 8.95. The first-order chi connectivity index (χ1) is 15.1. The zero-order valence-electron chi connectivity index (χ0n) is 17.8. The number of carbonyl (C=O) groups is 1. The van der Waals surface area contributed by atoms with Gasteiger partial charge in [0.25, 0.3) is 5.91 Å². The summed E-state index contributed by atoms with van der Waals surface area (Å²) in [6.45, 7) is 1.11. The molecule has 3 aromatic rings. The van der Waals surface area contributed by atoms with Gasteiger partial charge in [-0.3, -0.25) is 4.79 Å². The number of methoxy groups -OCH3 is 3. The molecule has 0 atom stereocenters. The zero-order valence-corrected chi connectivity index (χ0v) is 17.8. The van der Waals surface area contributed by atoms with Crippen LogP contribution in [0.15, 0.2) is 54.7 Å². The van der Waals surface area contributed by atoms with Crippen LogP contribution in [0.1, 0.15) is 21.5 Å². The van der Waals surface area contributed by atoms with E-state index in [1.54, 1.807) is 39.7 Å². The Balaban J connectivity index is 1.60. The lowest BCUT2D eigenvalue weighted by molar-refractivity contribution is 0.0735. The fourth-order valence-electron chi connectivity index (χ4n) is 3.78. The number of hydrogen-bond donors (Lipinski definition) is 1. The van der Waals surface area contributed by atoms with Crippen LogP contribution in [0.3, 0.4) is 0 Å². The van der Waals surface area contributed by atoms with Gasteiger partial charge in [-0.25, -0.2) is 4.98 Å². The first kappa shape index (κ1) is 20.5. The van der Waals surface area contributed by atoms with Crippen LogP contribution in [0.5, 0.6) is 17.2 Å². The lowest BCUT2D eigenvalue weighted by atomic mass is 9.98. The van der Waals surface area contributed by atoms with Crippen molar-refractivity contribution >= 4 is 17.4 Å². The van der Waals surface area contributed by atoms with Crippen LogP contribution in [0.4, 0.5) is 11.5 Å². The first-order valence-electron chi connectivity index (χ1n) is 10.0. The van der Waals surface area contributed by atoms with E-state index in [0.29, 0.717) is 41.7 Å². The number of benzene rings is 2. The van der Waals surface area contributed by atoms with Crippen LogP contribution >= 0.6 is 0 Å². The number of ether oxygens (including phenoxy) is 3. The van der Waals surface area contributed by atoms with Crippen molar-refractivity contribution in [3.8, 4) is 17.2 Å². The highest BCUT2D eigenvalue weighted by molar-refractivity contribution is 5.99. The monoisotopic (exact) mass is 419 g/mol. The Labute approximate surface area is 181 Å². The Hall–Kier alpha value is -3.74. The summed E-state index contributed by atoms with van der Waals surface area (Å²) in [6, 6.07) is 15.0. The highest BCUT2D eigenvalue weighted by Gasteiger charge is 2.25. The largest absolute Gasteiger partial charge is 0.495 e. The molecule has 1 aliphatic heterocycles. The summed E-state index contributed by atoms with van der Waals surface area (Å²) >= 11 is 0. The van der Waals surface area contributed by atoms with Gasteiger partial charge in [-0.05, 0) is 53.9 Å². The highest BCUT2D eigenvalue weighted by Crippen LogP contribution is 2.34. The molecule has 0 spiro atoms. The average molecular weight is 419 g/mol. The van der Waals surface area contributed by atoms with Crippen molar-refractivity contribution < 1.29 is 19.0 Å². The zero-order chi connectivity index (χ0) is 21.8. The number of fused-ring (bicyclic) bond motifs is 1. The molecule has 1 aromatic heterocycles. The maximum absolute atomic E-state index is 13.4. The van der Waals surface area contributed by atoms with Gasteiger partial charge in [0.1, 0.15) is 11.6 Å². The fourth-order valence-corrected chi connectivity index (χ4v) is 3.78. The van der Waals surface area contributed by atoms with E-state index >= 15 is 0 Å². The van der Waals surface area contributed by atoms with Crippen LogP contribution in [0.2, 0.25) is 0 Å². The van der Waals surface area contributed by atoms with Gasteiger partial charge >= 0.3 is 0 Å². The molecule has 0 saturated heterocycles. The normalized spacial score (nSPS) is 12.7. The molecule has 0 saturated carbocycles. The minimum atomic E-state index is -0.0778. The highest BCUT2D eigenvalue weighted by atomic mass is 16.5. The molecular weight excluding hydrogens is 394 g/mol. The fraction of sp³-hybridized carbons (Fsp3) is 0.250. The number of para-hydroxylation sites is 2. The van der Waals surface area contributed by atoms with Crippen LogP contribution < -0.4 is 19.5 Å². The standard InChI is InChI=1S/C24H25N3O4/c1-29-20-9-5-4-8-19(20)26-23-18(7-6-11-25-23)24(28)27-12-10-16-13-21(30-2)22(31-3)14-17(16)15-27/h4-9,11,13-14H,10,12,15H2,1-3H3,(H,25,26). The number of carbonyl (C=O) groups excluding carboxylic acids is 1. The van der Waals surface area contributed by atoms with Crippen LogP contribution in [0.25, 0.3) is 0 Å². The van der Waals surface area contributed by atoms with E-state index < -0.39 is 0 Å². The predicted octanol–water partition coefficient (Wildman–Crippen LogP) is 4.05. The molecular formula is C24H25N3O4. The first-order valence-corrected chi connectivity index (χ1v) is 10.0. The third kappa shape index (κ3) is 4.12. The summed E-state index contributed by atoms with van der Waals surface area (Å²) in [5, 5.41) is 3.24. The Kier molecular flexibility index (Phi) is 5.93. The Bertz CT molecular complexity index is 1100. The second-order valence-electron chi connectivity index (χ2n) is 7.18. The van der Waals surface area contributed by atoms with E-state index in [2.05, 4.69) is 10.3 Å². The molecule has 0 fully saturated rings. The van der Waals surface area contributed by atoms with Gasteiger partial charge in [0.05, 0.1) is 32.6 Å². The number of amides is 1. The number of rotatable bonds is 6. The predicted molar refractivity (Wildman–Crippen MR) is 119 cm³/mol. The summed E-state index contributed by atoms with van der Waals surface area (Å²) in [5.74, 6) is 2.47. The SMILES string of the molecule is COc1ccccc1Nc1ncccc1C(=O)N1CCc2cc(OC)c(OC)cc2C1. The summed E-state index contributed by atoms with van der Waals surface area (Å²) < 4.78 is 16.2. The molecule has 4 rings (SSSR count). The van der Waals surface area contributed by atoms with Gasteiger partial charge in [-0.2, -0.15) is 0 Å². The van der Waals surface area contributed by atoms with Crippen LogP contribution in [0, 0.1) is 0 Å². The third-order valence-electron chi connectivity index (χ3n) is 5.40. The quantitative estimate of drug-likeness (QED) is 0.650. The average Bonchev–Trinajstić information content (AvgIpc) is 2.83. The summed E-state index contributed by atoms with van der Waals surface area (Å²) in [4.78, 5) is 19.7. The topological polar surface area (TPSA) is 72.9 Å². The second-order valence-corrected chi connectivity index (χ2v) is 7.18. The molecule has 2 heterocycles. The van der Waals surface area contributed by atoms with Gasteiger partial charge in [-0.1, -0.05) is 12.1 Å². The van der Waals surface area contributed by atoms with Crippen molar-refractivity contribution in [1.29, 1.82) is 0 Å². The maximum Gasteiger partial charge on any atom is 0.257 e. The molecule has 1 aliphatic rings. The van der Waals surface area contributed by atoms with Crippen LogP contribution in [-0.2, 0) is 13.0 Å². The van der Waals surface area contributed by atoms with E-state index in [4.69, 9.17) is 14.2 Å². The van der Waals surface area contributed by atoms with Crippen molar-refractivity contribution in [2.75, 3.05) is 33.2 Å². The van der Waals surface area contributed by atoms with Crippen molar-refractivity contribution in [3.05, 3.63) is 71.4 Å². The molecule has 0 aliphatic carbocycles. The summed E-state index contributed by atoms with van der Waals surface area (Å²) in [7, 11) is 4.85. The van der Waals surface area contributed by atoms with Crippen molar-refractivity contribution in [2.45, 2.75) is 13.0 Å². The Morgan fingerprint density at radius 3 is 2.39 bits per heavy atom. The summed E-state index contributed by atoms with van der Waals surface area (Å²) in [5.41, 5.74) is 3.48. The van der Waals surface area contributed by atoms with Gasteiger partial charge in [-0.15, -0.1) is 0 Å². The summed E-state index contributed by atoms with van der Waals surface area (Å²) in [6.07, 6.45) is 2.41. The molecule has 7 heteroatoms.